The highest BCUT2D eigenvalue weighted by atomic mass is 32.2. The summed E-state index contributed by atoms with van der Waals surface area (Å²) in [5.74, 6) is -0.468. The molecule has 0 aromatic rings. The second-order valence-corrected chi connectivity index (χ2v) is 7.49. The molecular formula is C13H26N2O4S. The lowest BCUT2D eigenvalue weighted by Gasteiger charge is -2.32. The Labute approximate surface area is 122 Å². The van der Waals surface area contributed by atoms with Crippen molar-refractivity contribution in [1.82, 2.24) is 5.32 Å². The number of nitrogens with one attached hydrogen (secondary N) is 1. The summed E-state index contributed by atoms with van der Waals surface area (Å²) in [6.07, 6.45) is 1.04. The Bertz CT molecular complexity index is 443. The van der Waals surface area contributed by atoms with Crippen LogP contribution in [0.2, 0.25) is 0 Å². The van der Waals surface area contributed by atoms with Gasteiger partial charge in [0, 0.05) is 11.3 Å². The molecule has 7 heteroatoms. The second kappa shape index (κ2) is 7.75. The van der Waals surface area contributed by atoms with E-state index >= 15 is 0 Å². The van der Waals surface area contributed by atoms with Gasteiger partial charge in [-0.05, 0) is 26.7 Å². The number of nitrogens with zero attached hydrogens (tertiary/aromatic N) is 1. The molecule has 0 aliphatic heterocycles. The molecular weight excluding hydrogens is 280 g/mol. The molecule has 0 fully saturated rings. The van der Waals surface area contributed by atoms with Crippen molar-refractivity contribution in [2.24, 2.45) is 0 Å². The maximum Gasteiger partial charge on any atom is 0.246 e. The fourth-order valence-corrected chi connectivity index (χ4v) is 2.60. The molecule has 0 rings (SSSR count). The second-order valence-electron chi connectivity index (χ2n) is 5.97. The number of hydrogen-bond donors (Lipinski definition) is 1. The van der Waals surface area contributed by atoms with Crippen LogP contribution in [0.4, 0.5) is 0 Å². The van der Waals surface area contributed by atoms with E-state index in [2.05, 4.69) is 11.9 Å². The van der Waals surface area contributed by atoms with Crippen molar-refractivity contribution in [1.29, 1.82) is 0 Å². The van der Waals surface area contributed by atoms with Crippen molar-refractivity contribution in [2.75, 3.05) is 32.9 Å². The maximum atomic E-state index is 11.5. The average Bonchev–Trinajstić information content (AvgIpc) is 2.22. The van der Waals surface area contributed by atoms with Crippen LogP contribution in [0, 0.1) is 0 Å². The number of hydrogen-bond acceptors (Lipinski definition) is 4. The van der Waals surface area contributed by atoms with Gasteiger partial charge in [-0.1, -0.05) is 6.58 Å². The molecule has 0 aliphatic carbocycles. The van der Waals surface area contributed by atoms with Crippen LogP contribution in [0.1, 0.15) is 26.7 Å². The highest BCUT2D eigenvalue weighted by Crippen LogP contribution is 2.05. The van der Waals surface area contributed by atoms with E-state index in [-0.39, 0.29) is 17.7 Å². The zero-order valence-corrected chi connectivity index (χ0v) is 13.6. The third-order valence-corrected chi connectivity index (χ3v) is 3.73. The number of amides is 1. The van der Waals surface area contributed by atoms with Crippen LogP contribution in [0.5, 0.6) is 0 Å². The van der Waals surface area contributed by atoms with Crippen molar-refractivity contribution >= 4 is 16.0 Å². The molecule has 1 atom stereocenters. The number of rotatable bonds is 9. The van der Waals surface area contributed by atoms with E-state index < -0.39 is 10.1 Å². The summed E-state index contributed by atoms with van der Waals surface area (Å²) in [5, 5.41) is 2.85. The van der Waals surface area contributed by atoms with Gasteiger partial charge in [0.15, 0.2) is 0 Å². The quantitative estimate of drug-likeness (QED) is 0.290. The molecule has 0 saturated heterocycles. The van der Waals surface area contributed by atoms with Crippen molar-refractivity contribution < 1.29 is 22.2 Å². The zero-order chi connectivity index (χ0) is 16.0. The minimum absolute atomic E-state index is 0.00237. The van der Waals surface area contributed by atoms with Crippen LogP contribution in [0.25, 0.3) is 0 Å². The van der Waals surface area contributed by atoms with Crippen LogP contribution in [0.15, 0.2) is 12.2 Å². The van der Waals surface area contributed by atoms with Gasteiger partial charge < -0.3 is 14.4 Å². The Morgan fingerprint density at radius 3 is 2.35 bits per heavy atom. The van der Waals surface area contributed by atoms with Gasteiger partial charge in [-0.15, -0.1) is 0 Å². The van der Waals surface area contributed by atoms with Crippen molar-refractivity contribution in [3.63, 3.8) is 0 Å². The Balaban J connectivity index is 4.11. The first-order chi connectivity index (χ1) is 8.93. The first kappa shape index (κ1) is 19.1. The number of carbonyl (C=O) groups is 1. The predicted molar refractivity (Wildman–Crippen MR) is 78.1 cm³/mol. The molecule has 0 aromatic heterocycles. The average molecular weight is 306 g/mol. The molecule has 0 spiro atoms. The summed E-state index contributed by atoms with van der Waals surface area (Å²) in [4.78, 5) is 11.5. The third kappa shape index (κ3) is 9.94. The largest absolute Gasteiger partial charge is 0.748 e. The van der Waals surface area contributed by atoms with Gasteiger partial charge in [0.1, 0.15) is 0 Å². The smallest absolute Gasteiger partial charge is 0.246 e. The van der Waals surface area contributed by atoms with Gasteiger partial charge in [0.05, 0.1) is 43.3 Å². The molecule has 1 amide bonds. The Morgan fingerprint density at radius 1 is 1.35 bits per heavy atom. The Hall–Kier alpha value is -0.920. The van der Waals surface area contributed by atoms with E-state index in [9.17, 15) is 17.8 Å². The van der Waals surface area contributed by atoms with Crippen LogP contribution in [0.3, 0.4) is 0 Å². The fourth-order valence-electron chi connectivity index (χ4n) is 2.04. The van der Waals surface area contributed by atoms with E-state index in [1.54, 1.807) is 6.92 Å². The van der Waals surface area contributed by atoms with Gasteiger partial charge in [0.25, 0.3) is 0 Å². The Morgan fingerprint density at radius 2 is 1.90 bits per heavy atom. The molecule has 118 valence electrons. The lowest BCUT2D eigenvalue weighted by atomic mass is 10.2. The summed E-state index contributed by atoms with van der Waals surface area (Å²) < 4.78 is 32.2. The summed E-state index contributed by atoms with van der Waals surface area (Å²) in [6, 6.07) is -0.00237. The predicted octanol–water partition coefficient (Wildman–Crippen LogP) is 0.469. The van der Waals surface area contributed by atoms with E-state index in [4.69, 9.17) is 0 Å². The van der Waals surface area contributed by atoms with E-state index in [0.29, 0.717) is 22.9 Å². The third-order valence-electron chi connectivity index (χ3n) is 2.94. The summed E-state index contributed by atoms with van der Waals surface area (Å²) >= 11 is 0. The van der Waals surface area contributed by atoms with E-state index in [1.807, 2.05) is 21.0 Å². The molecule has 0 radical (unpaired) electrons. The number of likely N-dealkylation sites (N-methyl/N-ethyl adjacent to an activating group) is 1. The number of unbranched alkanes of at least 4 members (excludes halogenated alkanes) is 1. The maximum absolute atomic E-state index is 11.5. The normalized spacial score (nSPS) is 13.8. The van der Waals surface area contributed by atoms with Gasteiger partial charge in [-0.3, -0.25) is 4.79 Å². The molecule has 0 heterocycles. The standard InChI is InChI=1S/C13H26N2O4S/c1-11(2)13(16)14-12(3)10-15(4,5)8-6-7-9-20(17,18)19/h12H,1,6-10H2,2-5H3,(H-,14,16,17,18,19). The van der Waals surface area contributed by atoms with Gasteiger partial charge in [-0.2, -0.15) is 0 Å². The first-order valence-corrected chi connectivity index (χ1v) is 8.22. The van der Waals surface area contributed by atoms with Crippen molar-refractivity contribution in [2.45, 2.75) is 32.7 Å². The van der Waals surface area contributed by atoms with Crippen LogP contribution >= 0.6 is 0 Å². The lowest BCUT2D eigenvalue weighted by Crippen LogP contribution is -2.50. The lowest BCUT2D eigenvalue weighted by molar-refractivity contribution is -0.891. The SMILES string of the molecule is C=C(C)C(=O)NC(C)C[N+](C)(C)CCCCS(=O)(=O)[O-]. The van der Waals surface area contributed by atoms with Gasteiger partial charge in [-0.25, -0.2) is 8.42 Å². The Kier molecular flexibility index (Phi) is 7.40. The summed E-state index contributed by atoms with van der Waals surface area (Å²) in [6.45, 7) is 8.64. The van der Waals surface area contributed by atoms with Gasteiger partial charge >= 0.3 is 0 Å². The topological polar surface area (TPSA) is 86.3 Å². The summed E-state index contributed by atoms with van der Waals surface area (Å²) in [7, 11) is -0.0959. The van der Waals surface area contributed by atoms with E-state index in [0.717, 1.165) is 13.1 Å². The molecule has 0 saturated carbocycles. The highest BCUT2D eigenvalue weighted by Gasteiger charge is 2.20. The molecule has 6 nitrogen and oxygen atoms in total. The van der Waals surface area contributed by atoms with Crippen molar-refractivity contribution in [3.8, 4) is 0 Å². The summed E-state index contributed by atoms with van der Waals surface area (Å²) in [5.41, 5.74) is 0.475. The molecule has 1 N–H and O–H groups in total. The minimum Gasteiger partial charge on any atom is -0.748 e. The molecule has 0 aliphatic rings. The van der Waals surface area contributed by atoms with Crippen LogP contribution in [-0.2, 0) is 14.9 Å². The monoisotopic (exact) mass is 306 g/mol. The fraction of sp³-hybridized carbons (Fsp3) is 0.769. The molecule has 20 heavy (non-hydrogen) atoms. The number of quaternary nitrogens is 1. The van der Waals surface area contributed by atoms with Crippen LogP contribution < -0.4 is 5.32 Å². The highest BCUT2D eigenvalue weighted by molar-refractivity contribution is 7.85. The number of carbonyl (C=O) groups excluding carboxylic acids is 1. The zero-order valence-electron chi connectivity index (χ0n) is 12.8. The first-order valence-electron chi connectivity index (χ1n) is 6.65. The molecule has 1 unspecified atom stereocenters. The molecule has 0 aromatic carbocycles. The molecule has 0 bridgehead atoms. The van der Waals surface area contributed by atoms with Crippen LogP contribution in [-0.4, -0.2) is 62.3 Å². The van der Waals surface area contributed by atoms with Gasteiger partial charge in [0.2, 0.25) is 5.91 Å². The van der Waals surface area contributed by atoms with Crippen molar-refractivity contribution in [3.05, 3.63) is 12.2 Å². The van der Waals surface area contributed by atoms with E-state index in [1.165, 1.54) is 0 Å². The minimum atomic E-state index is -4.11.